The lowest BCUT2D eigenvalue weighted by Gasteiger charge is -2.40. The largest absolute Gasteiger partial charge is 0.490 e. The van der Waals surface area contributed by atoms with E-state index in [-0.39, 0.29) is 35.2 Å². The lowest BCUT2D eigenvalue weighted by Crippen LogP contribution is -2.45. The van der Waals surface area contributed by atoms with E-state index < -0.39 is 18.0 Å². The average Bonchev–Trinajstić information content (AvgIpc) is 3.58. The zero-order chi connectivity index (χ0) is 37.9. The Kier molecular flexibility index (Phi) is 11.2. The Morgan fingerprint density at radius 3 is 2.46 bits per heavy atom. The number of hydrogen-bond acceptors (Lipinski definition) is 8. The fourth-order valence-corrected chi connectivity index (χ4v) is 8.29. The Bertz CT molecular complexity index is 1980. The standard InChI is InChI=1S/C41H49F2N7O4/c1-25(2)54-35-21-37-45-34(24-50(37)23-32(35)41(53)46-36-9-5-8-33(44-36)39(42)43)27-12-10-26(11-13-27)22-48(3)29-16-18-49(19-17-29)30-7-4-6-28(20-30)31-14-15-38(51)47-40(31)52/h4-9,20-21,23-27,29,31,39H,10-19,22H2,1-3H3,(H,44,46,53)(H,47,51,52). The van der Waals surface area contributed by atoms with E-state index >= 15 is 0 Å². The monoisotopic (exact) mass is 741 g/mol. The number of pyridine rings is 2. The highest BCUT2D eigenvalue weighted by molar-refractivity contribution is 6.06. The lowest BCUT2D eigenvalue weighted by molar-refractivity contribution is -0.134. The van der Waals surface area contributed by atoms with Gasteiger partial charge in [-0.3, -0.25) is 19.7 Å². The Morgan fingerprint density at radius 2 is 1.74 bits per heavy atom. The first-order chi connectivity index (χ1) is 26.0. The second kappa shape index (κ2) is 16.2. The van der Waals surface area contributed by atoms with Gasteiger partial charge < -0.3 is 24.3 Å². The maximum Gasteiger partial charge on any atom is 0.280 e. The van der Waals surface area contributed by atoms with Crippen LogP contribution in [0.1, 0.15) is 111 Å². The molecular formula is C41H49F2N7O4. The number of ether oxygens (including phenoxy) is 1. The molecule has 1 atom stereocenters. The molecule has 2 saturated heterocycles. The number of nitrogens with zero attached hydrogens (tertiary/aromatic N) is 5. The van der Waals surface area contributed by atoms with E-state index in [1.165, 1.54) is 18.2 Å². The Balaban J connectivity index is 0.930. The van der Waals surface area contributed by atoms with Crippen LogP contribution in [0.3, 0.4) is 0 Å². The van der Waals surface area contributed by atoms with Crippen molar-refractivity contribution in [3.8, 4) is 5.75 Å². The minimum Gasteiger partial charge on any atom is -0.490 e. The number of amides is 3. The van der Waals surface area contributed by atoms with Gasteiger partial charge in [0.25, 0.3) is 12.3 Å². The van der Waals surface area contributed by atoms with Crippen LogP contribution in [0.2, 0.25) is 0 Å². The number of rotatable bonds is 11. The Hall–Kier alpha value is -4.91. The Labute approximate surface area is 314 Å². The van der Waals surface area contributed by atoms with Crippen molar-refractivity contribution >= 4 is 34.9 Å². The zero-order valence-electron chi connectivity index (χ0n) is 31.1. The van der Waals surface area contributed by atoms with E-state index in [2.05, 4.69) is 44.6 Å². The second-order valence-electron chi connectivity index (χ2n) is 15.3. The maximum absolute atomic E-state index is 13.4. The highest BCUT2D eigenvalue weighted by atomic mass is 19.3. The molecule has 2 N–H and O–H groups in total. The molecule has 0 spiro atoms. The van der Waals surface area contributed by atoms with Gasteiger partial charge in [-0.05, 0) is 102 Å². The van der Waals surface area contributed by atoms with Crippen LogP contribution in [0, 0.1) is 5.92 Å². The third-order valence-electron chi connectivity index (χ3n) is 11.2. The van der Waals surface area contributed by atoms with E-state index in [4.69, 9.17) is 9.72 Å². The summed E-state index contributed by atoms with van der Waals surface area (Å²) in [5, 5.41) is 5.13. The van der Waals surface area contributed by atoms with E-state index in [9.17, 15) is 23.2 Å². The molecule has 286 valence electrons. The van der Waals surface area contributed by atoms with Crippen LogP contribution in [-0.4, -0.2) is 75.8 Å². The smallest absolute Gasteiger partial charge is 0.280 e. The first kappa shape index (κ1) is 37.4. The van der Waals surface area contributed by atoms with Crippen LogP contribution in [0.4, 0.5) is 20.3 Å². The van der Waals surface area contributed by atoms with Gasteiger partial charge in [-0.15, -0.1) is 0 Å². The van der Waals surface area contributed by atoms with E-state index in [1.54, 1.807) is 12.3 Å². The molecule has 1 aliphatic carbocycles. The average molecular weight is 742 g/mol. The molecule has 7 rings (SSSR count). The summed E-state index contributed by atoms with van der Waals surface area (Å²) in [4.78, 5) is 51.3. The zero-order valence-corrected chi connectivity index (χ0v) is 31.1. The van der Waals surface area contributed by atoms with Gasteiger partial charge in [-0.2, -0.15) is 0 Å². The number of nitrogens with one attached hydrogen (secondary N) is 2. The maximum atomic E-state index is 13.4. The summed E-state index contributed by atoms with van der Waals surface area (Å²) in [6.45, 7) is 6.75. The van der Waals surface area contributed by atoms with Crippen molar-refractivity contribution in [3.05, 3.63) is 83.4 Å². The summed E-state index contributed by atoms with van der Waals surface area (Å²) >= 11 is 0. The van der Waals surface area contributed by atoms with Crippen LogP contribution < -0.4 is 20.3 Å². The highest BCUT2D eigenvalue weighted by Gasteiger charge is 2.31. The molecule has 2 aliphatic heterocycles. The molecule has 13 heteroatoms. The molecule has 5 heterocycles. The fourth-order valence-electron chi connectivity index (χ4n) is 8.29. The number of halogens is 2. The van der Waals surface area contributed by atoms with Crippen molar-refractivity contribution in [3.63, 3.8) is 0 Å². The molecular weight excluding hydrogens is 692 g/mol. The molecule has 3 aromatic heterocycles. The van der Waals surface area contributed by atoms with Crippen molar-refractivity contribution in [2.75, 3.05) is 36.9 Å². The van der Waals surface area contributed by atoms with Crippen molar-refractivity contribution in [2.24, 2.45) is 5.92 Å². The van der Waals surface area contributed by atoms with Crippen LogP contribution >= 0.6 is 0 Å². The van der Waals surface area contributed by atoms with E-state index in [1.807, 2.05) is 36.6 Å². The third-order valence-corrected chi connectivity index (χ3v) is 11.2. The van der Waals surface area contributed by atoms with Gasteiger partial charge in [-0.1, -0.05) is 18.2 Å². The first-order valence-electron chi connectivity index (χ1n) is 19.1. The number of fused-ring (bicyclic) bond motifs is 1. The number of carbonyl (C=O) groups excluding carboxylic acids is 3. The molecule has 3 aliphatic rings. The van der Waals surface area contributed by atoms with Gasteiger partial charge in [-0.25, -0.2) is 18.7 Å². The predicted octanol–water partition coefficient (Wildman–Crippen LogP) is 7.10. The summed E-state index contributed by atoms with van der Waals surface area (Å²) in [6, 6.07) is 14.7. The van der Waals surface area contributed by atoms with Crippen LogP contribution in [0.5, 0.6) is 5.75 Å². The van der Waals surface area contributed by atoms with Gasteiger partial charge in [0.05, 0.1) is 23.3 Å². The number of alkyl halides is 2. The SMILES string of the molecule is CC(C)Oc1cc2nc(C3CCC(CN(C)C4CCN(c5cccc(C6CCC(=O)NC6=O)c5)CC4)CC3)cn2cc1C(=O)Nc1cccc(C(F)F)n1. The van der Waals surface area contributed by atoms with Crippen LogP contribution in [0.25, 0.3) is 5.65 Å². The summed E-state index contributed by atoms with van der Waals surface area (Å²) in [5.74, 6) is 0.183. The molecule has 11 nitrogen and oxygen atoms in total. The summed E-state index contributed by atoms with van der Waals surface area (Å²) < 4.78 is 34.3. The van der Waals surface area contributed by atoms with Gasteiger partial charge in [0.1, 0.15) is 22.9 Å². The molecule has 1 aromatic carbocycles. The minimum atomic E-state index is -2.74. The molecule has 3 amide bonds. The van der Waals surface area contributed by atoms with Crippen LogP contribution in [0.15, 0.2) is 60.9 Å². The number of benzene rings is 1. The van der Waals surface area contributed by atoms with E-state index in [0.29, 0.717) is 42.1 Å². The van der Waals surface area contributed by atoms with Gasteiger partial charge in [0.15, 0.2) is 0 Å². The fraction of sp³-hybridized carbons (Fsp3) is 0.488. The van der Waals surface area contributed by atoms with Crippen molar-refractivity contribution in [1.82, 2.24) is 24.6 Å². The quantitative estimate of drug-likeness (QED) is 0.156. The number of aromatic nitrogens is 3. The van der Waals surface area contributed by atoms with Gasteiger partial charge in [0, 0.05) is 62.2 Å². The van der Waals surface area contributed by atoms with Crippen molar-refractivity contribution in [1.29, 1.82) is 0 Å². The van der Waals surface area contributed by atoms with Crippen molar-refractivity contribution < 1.29 is 27.9 Å². The molecule has 54 heavy (non-hydrogen) atoms. The lowest BCUT2D eigenvalue weighted by atomic mass is 9.80. The molecule has 0 radical (unpaired) electrons. The molecule has 1 saturated carbocycles. The third kappa shape index (κ3) is 8.56. The number of imidazole rings is 1. The molecule has 0 bridgehead atoms. The Morgan fingerprint density at radius 1 is 0.981 bits per heavy atom. The summed E-state index contributed by atoms with van der Waals surface area (Å²) in [5.41, 5.74) is 3.66. The second-order valence-corrected chi connectivity index (χ2v) is 15.3. The topological polar surface area (TPSA) is 121 Å². The number of imide groups is 1. The minimum absolute atomic E-state index is 0.0434. The first-order valence-corrected chi connectivity index (χ1v) is 19.1. The normalized spacial score (nSPS) is 21.3. The van der Waals surface area contributed by atoms with Crippen LogP contribution in [-0.2, 0) is 9.59 Å². The molecule has 4 aromatic rings. The number of piperidine rings is 2. The number of carbonyl (C=O) groups is 3. The summed E-state index contributed by atoms with van der Waals surface area (Å²) in [6.07, 6.45) is 8.16. The molecule has 1 unspecified atom stereocenters. The van der Waals surface area contributed by atoms with Gasteiger partial charge >= 0.3 is 0 Å². The van der Waals surface area contributed by atoms with E-state index in [0.717, 1.165) is 75.1 Å². The van der Waals surface area contributed by atoms with Crippen molar-refractivity contribution in [2.45, 2.75) is 95.6 Å². The van der Waals surface area contributed by atoms with Gasteiger partial charge in [0.2, 0.25) is 11.8 Å². The number of anilines is 2. The summed E-state index contributed by atoms with van der Waals surface area (Å²) in [7, 11) is 2.26. The number of hydrogen-bond donors (Lipinski definition) is 2. The molecule has 3 fully saturated rings. The predicted molar refractivity (Wildman–Crippen MR) is 202 cm³/mol. The highest BCUT2D eigenvalue weighted by Crippen LogP contribution is 2.37.